The average molecular weight is 287 g/mol. The van der Waals surface area contributed by atoms with E-state index in [1.165, 1.54) is 12.5 Å². The molecule has 1 atom stereocenters. The van der Waals surface area contributed by atoms with Gasteiger partial charge in [-0.15, -0.1) is 0 Å². The van der Waals surface area contributed by atoms with Crippen LogP contribution >= 0.6 is 15.9 Å². The molecule has 1 aliphatic rings. The van der Waals surface area contributed by atoms with E-state index < -0.39 is 0 Å². The van der Waals surface area contributed by atoms with Crippen molar-refractivity contribution >= 4 is 15.9 Å². The predicted molar refractivity (Wildman–Crippen MR) is 66.6 cm³/mol. The minimum atomic E-state index is -0.179. The maximum absolute atomic E-state index is 13.1. The molecule has 0 saturated carbocycles. The Morgan fingerprint density at radius 3 is 3.06 bits per heavy atom. The molecular weight excluding hydrogens is 271 g/mol. The number of likely N-dealkylation sites (tertiary alicyclic amines) is 1. The molecule has 4 heteroatoms. The summed E-state index contributed by atoms with van der Waals surface area (Å²) in [7, 11) is 0. The van der Waals surface area contributed by atoms with Gasteiger partial charge in [0.2, 0.25) is 0 Å². The van der Waals surface area contributed by atoms with Crippen molar-refractivity contribution in [2.45, 2.75) is 25.4 Å². The van der Waals surface area contributed by atoms with Gasteiger partial charge < -0.3 is 5.73 Å². The molecule has 2 rings (SSSR count). The van der Waals surface area contributed by atoms with Gasteiger partial charge in [-0.3, -0.25) is 4.90 Å². The maximum Gasteiger partial charge on any atom is 0.123 e. The first kappa shape index (κ1) is 12.0. The first-order chi connectivity index (χ1) is 7.70. The van der Waals surface area contributed by atoms with Gasteiger partial charge in [-0.05, 0) is 43.1 Å². The normalized spacial score (nSPS) is 21.6. The molecule has 0 spiro atoms. The van der Waals surface area contributed by atoms with E-state index in [2.05, 4.69) is 20.8 Å². The van der Waals surface area contributed by atoms with Gasteiger partial charge in [0, 0.05) is 23.6 Å². The summed E-state index contributed by atoms with van der Waals surface area (Å²) in [6.07, 6.45) is 2.35. The first-order valence-corrected chi connectivity index (χ1v) is 6.38. The van der Waals surface area contributed by atoms with Gasteiger partial charge in [0.05, 0.1) is 0 Å². The Kier molecular flexibility index (Phi) is 3.95. The Labute approximate surface area is 104 Å². The highest BCUT2D eigenvalue weighted by Gasteiger charge is 2.23. The summed E-state index contributed by atoms with van der Waals surface area (Å²) < 4.78 is 14.1. The summed E-state index contributed by atoms with van der Waals surface area (Å²) >= 11 is 3.45. The zero-order chi connectivity index (χ0) is 11.5. The van der Waals surface area contributed by atoms with Gasteiger partial charge >= 0.3 is 0 Å². The van der Waals surface area contributed by atoms with E-state index in [-0.39, 0.29) is 5.82 Å². The van der Waals surface area contributed by atoms with Crippen molar-refractivity contribution in [3.05, 3.63) is 34.1 Å². The highest BCUT2D eigenvalue weighted by Crippen LogP contribution is 2.24. The van der Waals surface area contributed by atoms with Crippen molar-refractivity contribution in [2.75, 3.05) is 13.1 Å². The van der Waals surface area contributed by atoms with Crippen LogP contribution in [-0.2, 0) is 6.54 Å². The third kappa shape index (κ3) is 2.62. The molecule has 1 fully saturated rings. The largest absolute Gasteiger partial charge is 0.329 e. The quantitative estimate of drug-likeness (QED) is 0.925. The van der Waals surface area contributed by atoms with Gasteiger partial charge in [-0.1, -0.05) is 15.9 Å². The molecule has 0 amide bonds. The fourth-order valence-corrected chi connectivity index (χ4v) is 2.63. The number of halogens is 2. The van der Waals surface area contributed by atoms with Crippen molar-refractivity contribution in [3.63, 3.8) is 0 Å². The van der Waals surface area contributed by atoms with E-state index in [0.29, 0.717) is 12.6 Å². The van der Waals surface area contributed by atoms with Crippen molar-refractivity contribution in [1.29, 1.82) is 0 Å². The molecule has 0 bridgehead atoms. The zero-order valence-electron chi connectivity index (χ0n) is 9.13. The summed E-state index contributed by atoms with van der Waals surface area (Å²) in [4.78, 5) is 2.33. The van der Waals surface area contributed by atoms with Gasteiger partial charge in [0.1, 0.15) is 5.82 Å². The summed E-state index contributed by atoms with van der Waals surface area (Å²) in [5, 5.41) is 0. The molecule has 88 valence electrons. The topological polar surface area (TPSA) is 29.3 Å². The second kappa shape index (κ2) is 5.25. The molecule has 1 aliphatic heterocycles. The number of nitrogens with two attached hydrogens (primary N) is 1. The third-order valence-corrected chi connectivity index (χ3v) is 3.93. The molecule has 1 saturated heterocycles. The van der Waals surface area contributed by atoms with Crippen LogP contribution in [0.25, 0.3) is 0 Å². The van der Waals surface area contributed by atoms with Crippen molar-refractivity contribution in [2.24, 2.45) is 5.73 Å². The molecule has 1 unspecified atom stereocenters. The standard InChI is InChI=1S/C12H16BrFN2/c13-12-4-3-10(14)6-9(12)8-16-5-1-2-11(16)7-15/h3-4,6,11H,1-2,5,7-8,15H2. The summed E-state index contributed by atoms with van der Waals surface area (Å²) in [6, 6.07) is 5.28. The van der Waals surface area contributed by atoms with Crippen LogP contribution in [0.1, 0.15) is 18.4 Å². The van der Waals surface area contributed by atoms with E-state index in [1.807, 2.05) is 0 Å². The minimum Gasteiger partial charge on any atom is -0.329 e. The van der Waals surface area contributed by atoms with Crippen molar-refractivity contribution in [3.8, 4) is 0 Å². The highest BCUT2D eigenvalue weighted by atomic mass is 79.9. The molecule has 1 aromatic rings. The van der Waals surface area contributed by atoms with Crippen LogP contribution in [-0.4, -0.2) is 24.0 Å². The lowest BCUT2D eigenvalue weighted by Crippen LogP contribution is -2.34. The van der Waals surface area contributed by atoms with Crippen molar-refractivity contribution < 1.29 is 4.39 Å². The second-order valence-corrected chi connectivity index (χ2v) is 5.09. The van der Waals surface area contributed by atoms with Crippen LogP contribution in [0, 0.1) is 5.82 Å². The lowest BCUT2D eigenvalue weighted by molar-refractivity contribution is 0.249. The minimum absolute atomic E-state index is 0.179. The van der Waals surface area contributed by atoms with Gasteiger partial charge in [0.25, 0.3) is 0 Å². The van der Waals surface area contributed by atoms with Crippen LogP contribution < -0.4 is 5.73 Å². The molecule has 0 aromatic heterocycles. The molecule has 0 aliphatic carbocycles. The zero-order valence-corrected chi connectivity index (χ0v) is 10.7. The van der Waals surface area contributed by atoms with Crippen LogP contribution in [0.5, 0.6) is 0 Å². The van der Waals surface area contributed by atoms with E-state index in [4.69, 9.17) is 5.73 Å². The Morgan fingerprint density at radius 1 is 1.50 bits per heavy atom. The molecule has 2 nitrogen and oxygen atoms in total. The van der Waals surface area contributed by atoms with Crippen LogP contribution in [0.15, 0.2) is 22.7 Å². The molecule has 1 heterocycles. The van der Waals surface area contributed by atoms with E-state index in [9.17, 15) is 4.39 Å². The lowest BCUT2D eigenvalue weighted by atomic mass is 10.2. The van der Waals surface area contributed by atoms with E-state index in [1.54, 1.807) is 12.1 Å². The SMILES string of the molecule is NCC1CCCN1Cc1cc(F)ccc1Br. The molecule has 1 aromatic carbocycles. The predicted octanol–water partition coefficient (Wildman–Crippen LogP) is 2.51. The summed E-state index contributed by atoms with van der Waals surface area (Å²) in [5.74, 6) is -0.179. The summed E-state index contributed by atoms with van der Waals surface area (Å²) in [6.45, 7) is 2.53. The van der Waals surface area contributed by atoms with E-state index >= 15 is 0 Å². The monoisotopic (exact) mass is 286 g/mol. The molecule has 0 radical (unpaired) electrons. The Hall–Kier alpha value is -0.450. The van der Waals surface area contributed by atoms with Crippen LogP contribution in [0.3, 0.4) is 0 Å². The number of nitrogens with zero attached hydrogens (tertiary/aromatic N) is 1. The Bertz CT molecular complexity index is 370. The van der Waals surface area contributed by atoms with Gasteiger partial charge in [-0.2, -0.15) is 0 Å². The maximum atomic E-state index is 13.1. The molecule has 2 N–H and O–H groups in total. The highest BCUT2D eigenvalue weighted by molar-refractivity contribution is 9.10. The average Bonchev–Trinajstić information content (AvgIpc) is 2.71. The van der Waals surface area contributed by atoms with Crippen molar-refractivity contribution in [1.82, 2.24) is 4.90 Å². The summed E-state index contributed by atoms with van der Waals surface area (Å²) in [5.41, 5.74) is 6.72. The van der Waals surface area contributed by atoms with E-state index in [0.717, 1.165) is 29.5 Å². The Morgan fingerprint density at radius 2 is 2.31 bits per heavy atom. The molecule has 16 heavy (non-hydrogen) atoms. The first-order valence-electron chi connectivity index (χ1n) is 5.58. The van der Waals surface area contributed by atoms with Crippen LogP contribution in [0.4, 0.5) is 4.39 Å². The lowest BCUT2D eigenvalue weighted by Gasteiger charge is -2.23. The van der Waals surface area contributed by atoms with Crippen LogP contribution in [0.2, 0.25) is 0 Å². The van der Waals surface area contributed by atoms with Gasteiger partial charge in [0.15, 0.2) is 0 Å². The molecular formula is C12H16BrFN2. The second-order valence-electron chi connectivity index (χ2n) is 4.24. The number of hydrogen-bond acceptors (Lipinski definition) is 2. The number of rotatable bonds is 3. The fraction of sp³-hybridized carbons (Fsp3) is 0.500. The number of hydrogen-bond donors (Lipinski definition) is 1. The third-order valence-electron chi connectivity index (χ3n) is 3.15. The smallest absolute Gasteiger partial charge is 0.123 e. The fourth-order valence-electron chi connectivity index (χ4n) is 2.25. The Balaban J connectivity index is 2.11. The van der Waals surface area contributed by atoms with Gasteiger partial charge in [-0.25, -0.2) is 4.39 Å². The number of benzene rings is 1.